The summed E-state index contributed by atoms with van der Waals surface area (Å²) in [6.45, 7) is 2.13. The van der Waals surface area contributed by atoms with Crippen LogP contribution < -0.4 is 0 Å². The van der Waals surface area contributed by atoms with Gasteiger partial charge in [0.15, 0.2) is 0 Å². The molecule has 7 heteroatoms. The van der Waals surface area contributed by atoms with Gasteiger partial charge in [0.05, 0.1) is 0 Å². The van der Waals surface area contributed by atoms with E-state index in [2.05, 4.69) is 29.1 Å². The summed E-state index contributed by atoms with van der Waals surface area (Å²) >= 11 is 0.313. The van der Waals surface area contributed by atoms with E-state index in [-0.39, 0.29) is 5.69 Å². The van der Waals surface area contributed by atoms with Crippen molar-refractivity contribution in [3.63, 3.8) is 0 Å². The molecule has 3 aromatic heterocycles. The van der Waals surface area contributed by atoms with Crippen LogP contribution in [0.1, 0.15) is 17.1 Å². The van der Waals surface area contributed by atoms with E-state index in [4.69, 9.17) is 0 Å². The topological polar surface area (TPSA) is 41.6 Å². The molecule has 1 N–H and O–H groups in total. The van der Waals surface area contributed by atoms with Crippen molar-refractivity contribution >= 4 is 14.5 Å². The number of pyridine rings is 1. The molecule has 3 heterocycles. The van der Waals surface area contributed by atoms with Crippen LogP contribution in [0.2, 0.25) is 0 Å². The molecule has 0 aliphatic heterocycles. The quantitative estimate of drug-likeness (QED) is 0.713. The van der Waals surface area contributed by atoms with Gasteiger partial charge in [-0.15, -0.1) is 0 Å². The second-order valence-electron chi connectivity index (χ2n) is 4.72. The van der Waals surface area contributed by atoms with E-state index in [9.17, 15) is 13.2 Å². The van der Waals surface area contributed by atoms with Crippen molar-refractivity contribution in [2.24, 2.45) is 0 Å². The third kappa shape index (κ3) is 3.00. The zero-order chi connectivity index (χ0) is 15.7. The molecule has 0 spiro atoms. The van der Waals surface area contributed by atoms with Gasteiger partial charge in [-0.2, -0.15) is 0 Å². The van der Waals surface area contributed by atoms with Crippen LogP contribution in [0, 0.1) is 0 Å². The van der Waals surface area contributed by atoms with Crippen molar-refractivity contribution in [3.05, 3.63) is 46.7 Å². The Bertz CT molecular complexity index is 772. The molecule has 0 aliphatic rings. The maximum atomic E-state index is 12.6. The van der Waals surface area contributed by atoms with E-state index in [1.807, 2.05) is 11.2 Å². The summed E-state index contributed by atoms with van der Waals surface area (Å²) in [5, 5.41) is 5.67. The van der Waals surface area contributed by atoms with E-state index < -0.39 is 11.9 Å². The van der Waals surface area contributed by atoms with Gasteiger partial charge in [-0.1, -0.05) is 0 Å². The van der Waals surface area contributed by atoms with E-state index in [0.29, 0.717) is 20.2 Å². The van der Waals surface area contributed by atoms with Gasteiger partial charge in [0.2, 0.25) is 0 Å². The number of hydrogen-bond donors (Lipinski definition) is 1. The van der Waals surface area contributed by atoms with E-state index in [0.717, 1.165) is 18.1 Å². The second kappa shape index (κ2) is 5.74. The average Bonchev–Trinajstić information content (AvgIpc) is 3.16. The molecule has 0 amide bonds. The first kappa shape index (κ1) is 15.1. The summed E-state index contributed by atoms with van der Waals surface area (Å²) in [6, 6.07) is 8.77. The predicted octanol–water partition coefficient (Wildman–Crippen LogP) is 3.78. The van der Waals surface area contributed by atoms with Gasteiger partial charge in [0, 0.05) is 0 Å². The Morgan fingerprint density at radius 1 is 1.14 bits per heavy atom. The van der Waals surface area contributed by atoms with Gasteiger partial charge >= 0.3 is 130 Å². The molecule has 0 saturated heterocycles. The van der Waals surface area contributed by atoms with Crippen LogP contribution in [0.3, 0.4) is 0 Å². The fourth-order valence-corrected chi connectivity index (χ4v) is 3.98. The number of alkyl halides is 3. The summed E-state index contributed by atoms with van der Waals surface area (Å²) in [7, 11) is 0. The number of rotatable bonds is 3. The van der Waals surface area contributed by atoms with Crippen molar-refractivity contribution in [2.45, 2.75) is 19.5 Å². The van der Waals surface area contributed by atoms with Crippen LogP contribution >= 0.6 is 0 Å². The molecule has 0 radical (unpaired) electrons. The average molecular weight is 370 g/mol. The molecule has 3 aromatic rings. The first-order valence-corrected chi connectivity index (χ1v) is 8.37. The summed E-state index contributed by atoms with van der Waals surface area (Å²) in [6.07, 6.45) is -1.69. The number of H-pyrrole nitrogens is 1. The number of nitrogens with zero attached hydrogens (tertiary/aromatic N) is 2. The summed E-state index contributed by atoms with van der Waals surface area (Å²) < 4.78 is 40.3. The van der Waals surface area contributed by atoms with Crippen LogP contribution in [0.4, 0.5) is 13.2 Å². The number of aromatic amines is 1. The number of aromatic nitrogens is 3. The van der Waals surface area contributed by atoms with E-state index >= 15 is 0 Å². The van der Waals surface area contributed by atoms with Crippen LogP contribution in [-0.2, 0) is 12.6 Å². The van der Waals surface area contributed by atoms with Gasteiger partial charge in [0.25, 0.3) is 0 Å². The molecule has 0 aliphatic carbocycles. The summed E-state index contributed by atoms with van der Waals surface area (Å²) in [5.74, 6) is 0. The SMILES string of the molecule is CCc1ccc(-c2ccc(-c3cc(C(F)(F)F)[nH]n3)nc2)[se]1. The number of nitrogens with one attached hydrogen (secondary N) is 1. The maximum absolute atomic E-state index is 12.6. The molecule has 0 aromatic carbocycles. The molecule has 0 atom stereocenters. The van der Waals surface area contributed by atoms with Gasteiger partial charge < -0.3 is 0 Å². The van der Waals surface area contributed by atoms with Crippen molar-refractivity contribution in [3.8, 4) is 21.4 Å². The second-order valence-corrected chi connectivity index (χ2v) is 7.17. The number of aryl methyl sites for hydroxylation is 1. The Labute approximate surface area is 131 Å². The molecular weight excluding hydrogens is 358 g/mol. The van der Waals surface area contributed by atoms with Crippen LogP contribution in [0.15, 0.2) is 36.5 Å². The molecule has 22 heavy (non-hydrogen) atoms. The van der Waals surface area contributed by atoms with Gasteiger partial charge in [-0.3, -0.25) is 0 Å². The Hall–Kier alpha value is -1.85. The third-order valence-electron chi connectivity index (χ3n) is 3.20. The molecule has 0 unspecified atom stereocenters. The van der Waals surface area contributed by atoms with Crippen molar-refractivity contribution in [1.82, 2.24) is 15.2 Å². The fourth-order valence-electron chi connectivity index (χ4n) is 2.01. The molecule has 0 saturated carbocycles. The van der Waals surface area contributed by atoms with E-state index in [1.54, 1.807) is 12.3 Å². The van der Waals surface area contributed by atoms with E-state index in [1.165, 1.54) is 8.87 Å². The number of hydrogen-bond acceptors (Lipinski definition) is 2. The molecule has 3 nitrogen and oxygen atoms in total. The van der Waals surface area contributed by atoms with Crippen LogP contribution in [0.5, 0.6) is 0 Å². The Kier molecular flexibility index (Phi) is 3.93. The standard InChI is InChI=1S/C15H12F3N3Se/c1-2-10-4-6-13(22-10)9-3-5-11(19-8-9)12-7-14(21-20-12)15(16,17)18/h3-8H,2H2,1H3,(H,20,21). The fraction of sp³-hybridized carbons (Fsp3) is 0.200. The first-order chi connectivity index (χ1) is 10.5. The van der Waals surface area contributed by atoms with Crippen LogP contribution in [-0.4, -0.2) is 29.7 Å². The molecular formula is C15H12F3N3Se. The molecule has 0 fully saturated rings. The monoisotopic (exact) mass is 371 g/mol. The molecule has 3 rings (SSSR count). The van der Waals surface area contributed by atoms with Gasteiger partial charge in [-0.05, 0) is 0 Å². The van der Waals surface area contributed by atoms with Crippen LogP contribution in [0.25, 0.3) is 21.4 Å². The minimum absolute atomic E-state index is 0.192. The van der Waals surface area contributed by atoms with Crippen molar-refractivity contribution in [1.29, 1.82) is 0 Å². The van der Waals surface area contributed by atoms with Crippen molar-refractivity contribution in [2.75, 3.05) is 0 Å². The predicted molar refractivity (Wildman–Crippen MR) is 78.6 cm³/mol. The normalized spacial score (nSPS) is 11.8. The van der Waals surface area contributed by atoms with Gasteiger partial charge in [0.1, 0.15) is 0 Å². The summed E-state index contributed by atoms with van der Waals surface area (Å²) in [4.78, 5) is 4.24. The Balaban J connectivity index is 1.86. The van der Waals surface area contributed by atoms with Gasteiger partial charge in [-0.25, -0.2) is 0 Å². The third-order valence-corrected chi connectivity index (χ3v) is 5.89. The minimum atomic E-state index is -4.43. The molecule has 114 valence electrons. The molecule has 0 bridgehead atoms. The van der Waals surface area contributed by atoms with Crippen molar-refractivity contribution < 1.29 is 13.2 Å². The zero-order valence-corrected chi connectivity index (χ0v) is 13.3. The Morgan fingerprint density at radius 3 is 2.50 bits per heavy atom. The number of halogens is 3. The Morgan fingerprint density at radius 2 is 1.95 bits per heavy atom. The zero-order valence-electron chi connectivity index (χ0n) is 11.6. The summed E-state index contributed by atoms with van der Waals surface area (Å²) in [5.41, 5.74) is 0.754. The first-order valence-electron chi connectivity index (χ1n) is 6.65.